The Labute approximate surface area is 171 Å². The van der Waals surface area contributed by atoms with Crippen LogP contribution in [0.25, 0.3) is 6.08 Å². The molecule has 0 N–H and O–H groups in total. The molecule has 3 rings (SSSR count). The third-order valence-electron chi connectivity index (χ3n) is 4.43. The molecule has 2 aromatic rings. The number of para-hydroxylation sites is 1. The fourth-order valence-corrected chi connectivity index (χ4v) is 3.85. The van der Waals surface area contributed by atoms with Crippen molar-refractivity contribution >= 4 is 34.6 Å². The topological polar surface area (TPSA) is 41.9 Å². The summed E-state index contributed by atoms with van der Waals surface area (Å²) in [6.45, 7) is 7.91. The van der Waals surface area contributed by atoms with Crippen molar-refractivity contribution in [3.05, 3.63) is 70.6 Å². The van der Waals surface area contributed by atoms with Gasteiger partial charge in [0.05, 0.1) is 23.7 Å². The lowest BCUT2D eigenvalue weighted by molar-refractivity contribution is -0.122. The molecule has 28 heavy (non-hydrogen) atoms. The third kappa shape index (κ3) is 5.12. The van der Waals surface area contributed by atoms with Gasteiger partial charge in [-0.1, -0.05) is 56.3 Å². The van der Waals surface area contributed by atoms with E-state index in [1.165, 1.54) is 17.3 Å². The van der Waals surface area contributed by atoms with E-state index < -0.39 is 0 Å². The van der Waals surface area contributed by atoms with E-state index in [9.17, 15) is 4.79 Å². The van der Waals surface area contributed by atoms with Crippen molar-refractivity contribution in [1.82, 2.24) is 4.90 Å². The van der Waals surface area contributed by atoms with Gasteiger partial charge in [-0.25, -0.2) is 4.99 Å². The molecule has 146 valence electrons. The first kappa shape index (κ1) is 20.4. The summed E-state index contributed by atoms with van der Waals surface area (Å²) in [5, 5.41) is 0.695. The number of thioether (sulfide) groups is 1. The lowest BCUT2D eigenvalue weighted by Crippen LogP contribution is -2.32. The fourth-order valence-electron chi connectivity index (χ4n) is 2.83. The van der Waals surface area contributed by atoms with Gasteiger partial charge in [0.15, 0.2) is 5.17 Å². The van der Waals surface area contributed by atoms with Crippen molar-refractivity contribution in [3.63, 3.8) is 0 Å². The molecule has 0 atom stereocenters. The molecule has 5 heteroatoms. The Morgan fingerprint density at radius 1 is 1.11 bits per heavy atom. The molecular formula is C23H26N2O2S. The molecule has 1 amide bonds. The van der Waals surface area contributed by atoms with Crippen molar-refractivity contribution in [2.75, 3.05) is 19.8 Å². The zero-order chi connectivity index (χ0) is 19.9. The summed E-state index contributed by atoms with van der Waals surface area (Å²) < 4.78 is 5.45. The van der Waals surface area contributed by atoms with Crippen LogP contribution >= 0.6 is 11.8 Å². The Morgan fingerprint density at radius 2 is 1.82 bits per heavy atom. The first-order valence-electron chi connectivity index (χ1n) is 9.61. The second kappa shape index (κ2) is 9.71. The molecule has 1 saturated heterocycles. The van der Waals surface area contributed by atoms with Crippen LogP contribution in [0.2, 0.25) is 0 Å². The number of amidine groups is 1. The van der Waals surface area contributed by atoms with Crippen LogP contribution < -0.4 is 0 Å². The molecule has 0 bridgehead atoms. The van der Waals surface area contributed by atoms with Crippen molar-refractivity contribution in [3.8, 4) is 0 Å². The second-order valence-electron chi connectivity index (χ2n) is 6.82. The summed E-state index contributed by atoms with van der Waals surface area (Å²) in [5.74, 6) is 0.468. The Balaban J connectivity index is 1.86. The molecule has 0 aromatic heterocycles. The molecule has 1 aliphatic heterocycles. The maximum absolute atomic E-state index is 13.0. The average Bonchev–Trinajstić information content (AvgIpc) is 2.98. The van der Waals surface area contributed by atoms with Gasteiger partial charge in [-0.05, 0) is 53.9 Å². The van der Waals surface area contributed by atoms with Crippen LogP contribution in [0.15, 0.2) is 64.5 Å². The van der Waals surface area contributed by atoms with E-state index in [1.807, 2.05) is 43.3 Å². The smallest absolute Gasteiger partial charge is 0.266 e. The van der Waals surface area contributed by atoms with Gasteiger partial charge in [0.25, 0.3) is 5.91 Å². The molecule has 0 unspecified atom stereocenters. The zero-order valence-electron chi connectivity index (χ0n) is 16.6. The quantitative estimate of drug-likeness (QED) is 0.463. The Kier molecular flexibility index (Phi) is 7.06. The first-order chi connectivity index (χ1) is 13.6. The van der Waals surface area contributed by atoms with Crippen molar-refractivity contribution in [2.24, 2.45) is 4.99 Å². The van der Waals surface area contributed by atoms with E-state index in [1.54, 1.807) is 4.90 Å². The monoisotopic (exact) mass is 394 g/mol. The summed E-state index contributed by atoms with van der Waals surface area (Å²) in [5.41, 5.74) is 3.14. The number of amides is 1. The Morgan fingerprint density at radius 3 is 2.46 bits per heavy atom. The van der Waals surface area contributed by atoms with Crippen LogP contribution in [-0.2, 0) is 9.53 Å². The average molecular weight is 395 g/mol. The van der Waals surface area contributed by atoms with Crippen LogP contribution in [-0.4, -0.2) is 35.7 Å². The number of carbonyl (C=O) groups is 1. The number of hydrogen-bond donors (Lipinski definition) is 0. The summed E-state index contributed by atoms with van der Waals surface area (Å²) in [6, 6.07) is 18.1. The minimum atomic E-state index is -0.0210. The number of rotatable bonds is 7. The van der Waals surface area contributed by atoms with Gasteiger partial charge < -0.3 is 4.74 Å². The molecule has 0 radical (unpaired) electrons. The van der Waals surface area contributed by atoms with Crippen molar-refractivity contribution in [2.45, 2.75) is 26.7 Å². The molecule has 0 saturated carbocycles. The lowest BCUT2D eigenvalue weighted by atomic mass is 10.0. The maximum Gasteiger partial charge on any atom is 0.266 e. The van der Waals surface area contributed by atoms with E-state index in [4.69, 9.17) is 4.74 Å². The van der Waals surface area contributed by atoms with Gasteiger partial charge in [-0.15, -0.1) is 0 Å². The third-order valence-corrected chi connectivity index (χ3v) is 5.44. The molecule has 1 aliphatic rings. The largest absolute Gasteiger partial charge is 0.380 e. The Hall–Kier alpha value is -2.37. The maximum atomic E-state index is 13.0. The number of carbonyl (C=O) groups excluding carboxylic acids is 1. The predicted molar refractivity (Wildman–Crippen MR) is 118 cm³/mol. The van der Waals surface area contributed by atoms with Crippen LogP contribution in [0.5, 0.6) is 0 Å². The highest BCUT2D eigenvalue weighted by Gasteiger charge is 2.33. The highest BCUT2D eigenvalue weighted by atomic mass is 32.2. The number of aliphatic imine (C=N–C) groups is 1. The van der Waals surface area contributed by atoms with E-state index >= 15 is 0 Å². The summed E-state index contributed by atoms with van der Waals surface area (Å²) in [6.07, 6.45) is 1.94. The minimum absolute atomic E-state index is 0.0210. The van der Waals surface area contributed by atoms with E-state index in [0.717, 1.165) is 11.3 Å². The molecule has 4 nitrogen and oxygen atoms in total. The summed E-state index contributed by atoms with van der Waals surface area (Å²) >= 11 is 1.42. The predicted octanol–water partition coefficient (Wildman–Crippen LogP) is 5.45. The molecular weight excluding hydrogens is 368 g/mol. The van der Waals surface area contributed by atoms with E-state index in [2.05, 4.69) is 43.1 Å². The molecule has 1 fully saturated rings. The van der Waals surface area contributed by atoms with Crippen LogP contribution in [0.1, 0.15) is 37.8 Å². The number of nitrogens with zero attached hydrogens (tertiary/aromatic N) is 2. The van der Waals surface area contributed by atoms with Gasteiger partial charge in [0, 0.05) is 6.61 Å². The summed E-state index contributed by atoms with van der Waals surface area (Å²) in [7, 11) is 0. The number of benzene rings is 2. The fraction of sp³-hybridized carbons (Fsp3) is 0.304. The van der Waals surface area contributed by atoms with Crippen LogP contribution in [0.3, 0.4) is 0 Å². The van der Waals surface area contributed by atoms with Crippen LogP contribution in [0.4, 0.5) is 5.69 Å². The Bertz CT molecular complexity index is 858. The van der Waals surface area contributed by atoms with Gasteiger partial charge in [-0.2, -0.15) is 0 Å². The van der Waals surface area contributed by atoms with Crippen molar-refractivity contribution < 1.29 is 9.53 Å². The first-order valence-corrected chi connectivity index (χ1v) is 10.4. The van der Waals surface area contributed by atoms with Gasteiger partial charge in [-0.3, -0.25) is 9.69 Å². The van der Waals surface area contributed by atoms with Gasteiger partial charge in [0.2, 0.25) is 0 Å². The van der Waals surface area contributed by atoms with E-state index in [-0.39, 0.29) is 5.91 Å². The number of ether oxygens (including phenoxy) is 1. The highest BCUT2D eigenvalue weighted by Crippen LogP contribution is 2.34. The highest BCUT2D eigenvalue weighted by molar-refractivity contribution is 8.18. The SMILES string of the molecule is CCOCCN1C(=O)/C(=C/c2ccc(C(C)C)cc2)SC1=Nc1ccccc1. The second-order valence-corrected chi connectivity index (χ2v) is 7.82. The lowest BCUT2D eigenvalue weighted by Gasteiger charge is -2.15. The van der Waals surface area contributed by atoms with Gasteiger partial charge >= 0.3 is 0 Å². The molecule has 1 heterocycles. The zero-order valence-corrected chi connectivity index (χ0v) is 17.4. The normalized spacial score (nSPS) is 17.3. The van der Waals surface area contributed by atoms with Crippen LogP contribution in [0, 0.1) is 0 Å². The standard InChI is InChI=1S/C23H26N2O2S/c1-4-27-15-14-25-22(26)21(16-18-10-12-19(13-11-18)17(2)3)28-23(25)24-20-8-6-5-7-9-20/h5-13,16-17H,4,14-15H2,1-3H3/b21-16-,24-23?. The van der Waals surface area contributed by atoms with Crippen molar-refractivity contribution in [1.29, 1.82) is 0 Å². The van der Waals surface area contributed by atoms with E-state index in [0.29, 0.717) is 35.7 Å². The van der Waals surface area contributed by atoms with Gasteiger partial charge in [0.1, 0.15) is 0 Å². The molecule has 0 aliphatic carbocycles. The summed E-state index contributed by atoms with van der Waals surface area (Å²) in [4.78, 5) is 20.1. The molecule has 2 aromatic carbocycles. The minimum Gasteiger partial charge on any atom is -0.380 e. The molecule has 0 spiro atoms. The number of hydrogen-bond acceptors (Lipinski definition) is 4.